The second-order valence-corrected chi connectivity index (χ2v) is 11.0. The number of likely N-dealkylation sites (tertiary alicyclic amines) is 1. The molecule has 2 fully saturated rings. The number of piperidine rings is 1. The van der Waals surface area contributed by atoms with Crippen LogP contribution >= 0.6 is 0 Å². The maximum absolute atomic E-state index is 12.9. The first-order valence-electron chi connectivity index (χ1n) is 12.3. The Labute approximate surface area is 199 Å². The fraction of sp³-hybridized carbons (Fsp3) is 0.538. The van der Waals surface area contributed by atoms with E-state index in [0.717, 1.165) is 51.4 Å². The Hall–Kier alpha value is -1.93. The molecule has 0 atom stereocenters. The number of rotatable bonds is 9. The van der Waals surface area contributed by atoms with E-state index in [1.165, 1.54) is 37.9 Å². The summed E-state index contributed by atoms with van der Waals surface area (Å²) >= 11 is 0. The van der Waals surface area contributed by atoms with E-state index in [4.69, 9.17) is 4.74 Å². The van der Waals surface area contributed by atoms with Crippen molar-refractivity contribution in [3.63, 3.8) is 0 Å². The highest BCUT2D eigenvalue weighted by Crippen LogP contribution is 2.19. The van der Waals surface area contributed by atoms with E-state index in [-0.39, 0.29) is 0 Å². The van der Waals surface area contributed by atoms with Crippen LogP contribution < -0.4 is 4.74 Å². The molecular weight excluding hydrogens is 434 g/mol. The SMILES string of the molecule is O=S(=O)(c1ccccc1)N1CCCN(Cc2ccc(OCCCN3CCCCC3)cc2)CC1. The molecular formula is C26H37N3O3S. The number of hydrogen-bond acceptors (Lipinski definition) is 5. The Kier molecular flexibility index (Phi) is 8.78. The van der Waals surface area contributed by atoms with Crippen LogP contribution in [0, 0.1) is 0 Å². The molecule has 0 N–H and O–H groups in total. The summed E-state index contributed by atoms with van der Waals surface area (Å²) in [5.41, 5.74) is 1.23. The van der Waals surface area contributed by atoms with Crippen LogP contribution in [0.15, 0.2) is 59.5 Å². The van der Waals surface area contributed by atoms with Crippen LogP contribution in [0.25, 0.3) is 0 Å². The monoisotopic (exact) mass is 471 g/mol. The Balaban J connectivity index is 1.21. The Morgan fingerprint density at radius 1 is 0.727 bits per heavy atom. The Morgan fingerprint density at radius 3 is 2.21 bits per heavy atom. The van der Waals surface area contributed by atoms with E-state index in [1.807, 2.05) is 6.07 Å². The number of benzene rings is 2. The molecule has 0 aromatic heterocycles. The molecule has 2 aliphatic heterocycles. The van der Waals surface area contributed by atoms with E-state index < -0.39 is 10.0 Å². The van der Waals surface area contributed by atoms with E-state index >= 15 is 0 Å². The van der Waals surface area contributed by atoms with Crippen LogP contribution in [0.4, 0.5) is 0 Å². The van der Waals surface area contributed by atoms with Gasteiger partial charge in [-0.2, -0.15) is 4.31 Å². The molecule has 6 nitrogen and oxygen atoms in total. The predicted molar refractivity (Wildman–Crippen MR) is 132 cm³/mol. The van der Waals surface area contributed by atoms with Crippen LogP contribution in [0.3, 0.4) is 0 Å². The molecule has 0 radical (unpaired) electrons. The Bertz CT molecular complexity index is 945. The van der Waals surface area contributed by atoms with Gasteiger partial charge in [0, 0.05) is 32.7 Å². The van der Waals surface area contributed by atoms with Gasteiger partial charge in [0.1, 0.15) is 5.75 Å². The largest absolute Gasteiger partial charge is 0.494 e. The molecule has 33 heavy (non-hydrogen) atoms. The standard InChI is InChI=1S/C26H37N3O3S/c30-33(31,26-9-3-1-4-10-26)29-19-7-17-28(20-21-29)23-24-11-13-25(14-12-24)32-22-8-18-27-15-5-2-6-16-27/h1,3-4,9-14H,2,5-8,15-23H2. The summed E-state index contributed by atoms with van der Waals surface area (Å²) in [6.07, 6.45) is 5.95. The van der Waals surface area contributed by atoms with Gasteiger partial charge in [-0.25, -0.2) is 8.42 Å². The highest BCUT2D eigenvalue weighted by atomic mass is 32.2. The Morgan fingerprint density at radius 2 is 1.45 bits per heavy atom. The average molecular weight is 472 g/mol. The van der Waals surface area contributed by atoms with Crippen molar-refractivity contribution in [2.45, 2.75) is 43.5 Å². The van der Waals surface area contributed by atoms with Crippen LogP contribution in [0.5, 0.6) is 5.75 Å². The lowest BCUT2D eigenvalue weighted by Gasteiger charge is -2.26. The zero-order valence-electron chi connectivity index (χ0n) is 19.6. The first-order valence-corrected chi connectivity index (χ1v) is 13.8. The van der Waals surface area contributed by atoms with Gasteiger partial charge in [-0.15, -0.1) is 0 Å². The maximum atomic E-state index is 12.9. The van der Waals surface area contributed by atoms with Gasteiger partial charge >= 0.3 is 0 Å². The summed E-state index contributed by atoms with van der Waals surface area (Å²) in [5.74, 6) is 0.924. The molecule has 2 aromatic carbocycles. The average Bonchev–Trinajstić information content (AvgIpc) is 3.10. The minimum Gasteiger partial charge on any atom is -0.494 e. The normalized spacial score (nSPS) is 19.3. The van der Waals surface area contributed by atoms with Crippen molar-refractivity contribution in [2.75, 3.05) is 52.4 Å². The molecule has 2 aliphatic rings. The zero-order chi connectivity index (χ0) is 22.9. The topological polar surface area (TPSA) is 53.1 Å². The van der Waals surface area contributed by atoms with Crippen molar-refractivity contribution >= 4 is 10.0 Å². The molecule has 0 unspecified atom stereocenters. The number of hydrogen-bond donors (Lipinski definition) is 0. The molecule has 0 aliphatic carbocycles. The summed E-state index contributed by atoms with van der Waals surface area (Å²) in [7, 11) is -3.42. The van der Waals surface area contributed by atoms with Gasteiger partial charge < -0.3 is 9.64 Å². The number of nitrogens with zero attached hydrogens (tertiary/aromatic N) is 3. The van der Waals surface area contributed by atoms with Crippen molar-refractivity contribution in [1.82, 2.24) is 14.1 Å². The third-order valence-electron chi connectivity index (χ3n) is 6.59. The fourth-order valence-electron chi connectivity index (χ4n) is 4.70. The molecule has 2 saturated heterocycles. The van der Waals surface area contributed by atoms with Gasteiger partial charge in [-0.1, -0.05) is 36.8 Å². The third kappa shape index (κ3) is 7.03. The third-order valence-corrected chi connectivity index (χ3v) is 8.51. The van der Waals surface area contributed by atoms with Crippen molar-refractivity contribution < 1.29 is 13.2 Å². The zero-order valence-corrected chi connectivity index (χ0v) is 20.4. The maximum Gasteiger partial charge on any atom is 0.243 e. The first kappa shape index (κ1) is 24.2. The van der Waals surface area contributed by atoms with Gasteiger partial charge in [0.15, 0.2) is 0 Å². The van der Waals surface area contributed by atoms with E-state index in [0.29, 0.717) is 18.0 Å². The van der Waals surface area contributed by atoms with Gasteiger partial charge in [-0.3, -0.25) is 4.90 Å². The molecule has 2 heterocycles. The molecule has 180 valence electrons. The van der Waals surface area contributed by atoms with Gasteiger partial charge in [-0.05, 0) is 75.1 Å². The summed E-state index contributed by atoms with van der Waals surface area (Å²) in [6, 6.07) is 17.1. The molecule has 0 saturated carbocycles. The minimum atomic E-state index is -3.42. The summed E-state index contributed by atoms with van der Waals surface area (Å²) in [4.78, 5) is 5.27. The summed E-state index contributed by atoms with van der Waals surface area (Å²) in [5, 5.41) is 0. The van der Waals surface area contributed by atoms with Gasteiger partial charge in [0.05, 0.1) is 11.5 Å². The van der Waals surface area contributed by atoms with Crippen molar-refractivity contribution in [3.8, 4) is 5.75 Å². The van der Waals surface area contributed by atoms with E-state index in [1.54, 1.807) is 28.6 Å². The lowest BCUT2D eigenvalue weighted by Crippen LogP contribution is -2.35. The molecule has 0 bridgehead atoms. The smallest absolute Gasteiger partial charge is 0.243 e. The molecule has 4 rings (SSSR count). The van der Waals surface area contributed by atoms with Crippen LogP contribution in [-0.2, 0) is 16.6 Å². The van der Waals surface area contributed by atoms with Crippen molar-refractivity contribution in [2.24, 2.45) is 0 Å². The van der Waals surface area contributed by atoms with E-state index in [9.17, 15) is 8.42 Å². The molecule has 0 amide bonds. The van der Waals surface area contributed by atoms with Gasteiger partial charge in [0.25, 0.3) is 0 Å². The number of sulfonamides is 1. The highest BCUT2D eigenvalue weighted by Gasteiger charge is 2.26. The lowest BCUT2D eigenvalue weighted by atomic mass is 10.1. The van der Waals surface area contributed by atoms with Gasteiger partial charge in [0.2, 0.25) is 10.0 Å². The fourth-order valence-corrected chi connectivity index (χ4v) is 6.19. The second-order valence-electron chi connectivity index (χ2n) is 9.10. The first-order chi connectivity index (χ1) is 16.1. The second kappa shape index (κ2) is 12.0. The van der Waals surface area contributed by atoms with Crippen molar-refractivity contribution in [1.29, 1.82) is 0 Å². The van der Waals surface area contributed by atoms with Crippen LogP contribution in [0.2, 0.25) is 0 Å². The summed E-state index contributed by atoms with van der Waals surface area (Å²) in [6.45, 7) is 7.91. The quantitative estimate of drug-likeness (QED) is 0.520. The van der Waals surface area contributed by atoms with E-state index in [2.05, 4.69) is 34.1 Å². The summed E-state index contributed by atoms with van der Waals surface area (Å²) < 4.78 is 33.4. The minimum absolute atomic E-state index is 0.380. The van der Waals surface area contributed by atoms with Crippen LogP contribution in [0.1, 0.15) is 37.7 Å². The highest BCUT2D eigenvalue weighted by molar-refractivity contribution is 7.89. The molecule has 2 aromatic rings. The molecule has 7 heteroatoms. The lowest BCUT2D eigenvalue weighted by molar-refractivity contribution is 0.205. The number of ether oxygens (including phenoxy) is 1. The van der Waals surface area contributed by atoms with Crippen LogP contribution in [-0.4, -0.2) is 74.9 Å². The molecule has 0 spiro atoms. The predicted octanol–water partition coefficient (Wildman–Crippen LogP) is 3.84. The van der Waals surface area contributed by atoms with Crippen molar-refractivity contribution in [3.05, 3.63) is 60.2 Å².